The third-order valence-corrected chi connectivity index (χ3v) is 6.37. The normalized spacial score (nSPS) is 29.0. The van der Waals surface area contributed by atoms with Gasteiger partial charge in [0.05, 0.1) is 6.04 Å². The summed E-state index contributed by atoms with van der Waals surface area (Å²) in [6.45, 7) is 1.79. The fourth-order valence-corrected chi connectivity index (χ4v) is 4.68. The van der Waals surface area contributed by atoms with Gasteiger partial charge in [-0.25, -0.2) is 0 Å². The smallest absolute Gasteiger partial charge is 0.234 e. The maximum absolute atomic E-state index is 11.5. The number of nitrogens with one attached hydrogen (secondary N) is 1. The highest BCUT2D eigenvalue weighted by atomic mass is 16.1. The van der Waals surface area contributed by atoms with Gasteiger partial charge in [-0.1, -0.05) is 18.6 Å². The van der Waals surface area contributed by atoms with Gasteiger partial charge in [-0.2, -0.15) is 0 Å². The average molecular weight is 313 g/mol. The predicted octanol–water partition coefficient (Wildman–Crippen LogP) is 2.88. The summed E-state index contributed by atoms with van der Waals surface area (Å²) in [5, 5.41) is 3.76. The van der Waals surface area contributed by atoms with Gasteiger partial charge in [-0.15, -0.1) is 0 Å². The number of carbonyl (C=O) groups is 1. The van der Waals surface area contributed by atoms with Crippen LogP contribution in [0.3, 0.4) is 0 Å². The molecular formula is C19H27N3O. The van der Waals surface area contributed by atoms with Crippen LogP contribution >= 0.6 is 0 Å². The van der Waals surface area contributed by atoms with E-state index in [1.54, 1.807) is 0 Å². The molecule has 3 N–H and O–H groups in total. The summed E-state index contributed by atoms with van der Waals surface area (Å²) in [7, 11) is 0. The van der Waals surface area contributed by atoms with Crippen LogP contribution in [0, 0.1) is 5.41 Å². The number of anilines is 1. The highest BCUT2D eigenvalue weighted by molar-refractivity contribution is 5.80. The first kappa shape index (κ1) is 15.0. The van der Waals surface area contributed by atoms with Gasteiger partial charge < -0.3 is 11.1 Å². The fourth-order valence-electron chi connectivity index (χ4n) is 4.68. The molecule has 1 spiro atoms. The van der Waals surface area contributed by atoms with Crippen LogP contribution in [-0.2, 0) is 11.3 Å². The van der Waals surface area contributed by atoms with Crippen LogP contribution in [0.15, 0.2) is 24.3 Å². The lowest BCUT2D eigenvalue weighted by atomic mass is 9.53. The van der Waals surface area contributed by atoms with Crippen molar-refractivity contribution in [2.75, 3.05) is 11.9 Å². The summed E-state index contributed by atoms with van der Waals surface area (Å²) in [6.07, 6.45) is 8.88. The Bertz CT molecular complexity index is 591. The van der Waals surface area contributed by atoms with E-state index in [0.29, 0.717) is 11.5 Å². The molecule has 1 heterocycles. The SMILES string of the molecule is NC(=O)[C@@H]1CCCN1Cc1cccc(N[C@H]2CCC23CCC3)c1. The summed E-state index contributed by atoms with van der Waals surface area (Å²) in [4.78, 5) is 13.8. The van der Waals surface area contributed by atoms with Crippen LogP contribution < -0.4 is 11.1 Å². The van der Waals surface area contributed by atoms with E-state index in [2.05, 4.69) is 34.5 Å². The van der Waals surface area contributed by atoms with Crippen LogP contribution in [-0.4, -0.2) is 29.4 Å². The zero-order valence-electron chi connectivity index (χ0n) is 13.8. The lowest BCUT2D eigenvalue weighted by Crippen LogP contribution is -2.53. The van der Waals surface area contributed by atoms with Gasteiger partial charge >= 0.3 is 0 Å². The average Bonchev–Trinajstić information content (AvgIpc) is 2.91. The Kier molecular flexibility index (Phi) is 3.80. The minimum atomic E-state index is -0.182. The van der Waals surface area contributed by atoms with Crippen molar-refractivity contribution in [2.45, 2.75) is 63.6 Å². The molecule has 1 saturated heterocycles. The topological polar surface area (TPSA) is 58.4 Å². The summed E-state index contributed by atoms with van der Waals surface area (Å²) >= 11 is 0. The molecule has 0 bridgehead atoms. The van der Waals surface area contributed by atoms with E-state index in [0.717, 1.165) is 25.9 Å². The molecule has 4 nitrogen and oxygen atoms in total. The maximum Gasteiger partial charge on any atom is 0.234 e. The Hall–Kier alpha value is -1.55. The molecule has 2 aliphatic carbocycles. The minimum Gasteiger partial charge on any atom is -0.382 e. The maximum atomic E-state index is 11.5. The molecule has 2 saturated carbocycles. The zero-order valence-corrected chi connectivity index (χ0v) is 13.8. The highest BCUT2D eigenvalue weighted by Gasteiger charge is 2.50. The standard InChI is InChI=1S/C19H27N3O/c20-18(23)16-6-2-11-22(16)13-14-4-1-5-15(12-14)21-17-7-10-19(17)8-3-9-19/h1,4-5,12,16-17,21H,2-3,6-11,13H2,(H2,20,23)/t16-,17-/m0/s1. The van der Waals surface area contributed by atoms with Crippen molar-refractivity contribution < 1.29 is 4.79 Å². The summed E-state index contributed by atoms with van der Waals surface area (Å²) < 4.78 is 0. The van der Waals surface area contributed by atoms with E-state index >= 15 is 0 Å². The number of likely N-dealkylation sites (tertiary alicyclic amines) is 1. The van der Waals surface area contributed by atoms with Crippen molar-refractivity contribution in [3.8, 4) is 0 Å². The molecular weight excluding hydrogens is 286 g/mol. The van der Waals surface area contributed by atoms with Crippen LogP contribution in [0.5, 0.6) is 0 Å². The van der Waals surface area contributed by atoms with E-state index in [4.69, 9.17) is 5.73 Å². The van der Waals surface area contributed by atoms with Crippen molar-refractivity contribution in [3.05, 3.63) is 29.8 Å². The van der Waals surface area contributed by atoms with Crippen molar-refractivity contribution in [1.82, 2.24) is 4.90 Å². The van der Waals surface area contributed by atoms with Crippen molar-refractivity contribution in [3.63, 3.8) is 0 Å². The first-order chi connectivity index (χ1) is 11.2. The van der Waals surface area contributed by atoms with Gasteiger partial charge in [-0.05, 0) is 68.2 Å². The van der Waals surface area contributed by atoms with Crippen LogP contribution in [0.4, 0.5) is 5.69 Å². The molecule has 4 heteroatoms. The number of primary amides is 1. The van der Waals surface area contributed by atoms with E-state index in [1.165, 1.54) is 43.4 Å². The monoisotopic (exact) mass is 313 g/mol. The fraction of sp³-hybridized carbons (Fsp3) is 0.632. The lowest BCUT2D eigenvalue weighted by Gasteiger charge is -2.56. The molecule has 2 atom stereocenters. The third kappa shape index (κ3) is 2.74. The van der Waals surface area contributed by atoms with Gasteiger partial charge in [0.15, 0.2) is 0 Å². The first-order valence-electron chi connectivity index (χ1n) is 9.05. The van der Waals surface area contributed by atoms with E-state index in [9.17, 15) is 4.79 Å². The molecule has 0 unspecified atom stereocenters. The number of amides is 1. The molecule has 4 rings (SSSR count). The van der Waals surface area contributed by atoms with Gasteiger partial charge in [0, 0.05) is 18.3 Å². The zero-order chi connectivity index (χ0) is 15.9. The Morgan fingerprint density at radius 2 is 2.13 bits per heavy atom. The molecule has 0 aromatic heterocycles. The Labute approximate surface area is 138 Å². The predicted molar refractivity (Wildman–Crippen MR) is 92.0 cm³/mol. The van der Waals surface area contributed by atoms with Crippen molar-refractivity contribution in [2.24, 2.45) is 11.1 Å². The number of benzene rings is 1. The quantitative estimate of drug-likeness (QED) is 0.879. The van der Waals surface area contributed by atoms with Crippen LogP contribution in [0.25, 0.3) is 0 Å². The second-order valence-electron chi connectivity index (χ2n) is 7.68. The van der Waals surface area contributed by atoms with Gasteiger partial charge in [0.2, 0.25) is 5.91 Å². The third-order valence-electron chi connectivity index (χ3n) is 6.37. The Morgan fingerprint density at radius 3 is 2.78 bits per heavy atom. The molecule has 1 aromatic carbocycles. The molecule has 1 aliphatic heterocycles. The van der Waals surface area contributed by atoms with Crippen molar-refractivity contribution in [1.29, 1.82) is 0 Å². The van der Waals surface area contributed by atoms with E-state index in [1.807, 2.05) is 0 Å². The van der Waals surface area contributed by atoms with Gasteiger partial charge in [0.1, 0.15) is 0 Å². The number of rotatable bonds is 5. The number of hydrogen-bond donors (Lipinski definition) is 2. The van der Waals surface area contributed by atoms with E-state index < -0.39 is 0 Å². The number of carbonyl (C=O) groups excluding carboxylic acids is 1. The number of nitrogens with zero attached hydrogens (tertiary/aromatic N) is 1. The molecule has 1 aromatic rings. The molecule has 3 fully saturated rings. The first-order valence-corrected chi connectivity index (χ1v) is 9.05. The summed E-state index contributed by atoms with van der Waals surface area (Å²) in [5.74, 6) is -0.182. The second-order valence-corrected chi connectivity index (χ2v) is 7.68. The molecule has 3 aliphatic rings. The van der Waals surface area contributed by atoms with Gasteiger partial charge in [0.25, 0.3) is 0 Å². The molecule has 1 amide bonds. The Morgan fingerprint density at radius 1 is 1.26 bits per heavy atom. The number of nitrogens with two attached hydrogens (primary N) is 1. The summed E-state index contributed by atoms with van der Waals surface area (Å²) in [6, 6.07) is 9.28. The largest absolute Gasteiger partial charge is 0.382 e. The minimum absolute atomic E-state index is 0.0866. The van der Waals surface area contributed by atoms with Crippen molar-refractivity contribution >= 4 is 11.6 Å². The highest BCUT2D eigenvalue weighted by Crippen LogP contribution is 2.56. The van der Waals surface area contributed by atoms with Gasteiger partial charge in [-0.3, -0.25) is 9.69 Å². The van der Waals surface area contributed by atoms with E-state index in [-0.39, 0.29) is 11.9 Å². The molecule has 0 radical (unpaired) electrons. The summed E-state index contributed by atoms with van der Waals surface area (Å²) in [5.41, 5.74) is 8.63. The molecule has 124 valence electrons. The number of hydrogen-bond acceptors (Lipinski definition) is 3. The van der Waals surface area contributed by atoms with Crippen LogP contribution in [0.1, 0.15) is 50.5 Å². The second kappa shape index (κ2) is 5.82. The molecule has 23 heavy (non-hydrogen) atoms. The Balaban J connectivity index is 1.41. The lowest BCUT2D eigenvalue weighted by molar-refractivity contribution is -0.122. The van der Waals surface area contributed by atoms with Crippen LogP contribution in [0.2, 0.25) is 0 Å².